The molecule has 1 aliphatic rings. The van der Waals surface area contributed by atoms with Gasteiger partial charge in [0, 0.05) is 11.0 Å². The van der Waals surface area contributed by atoms with E-state index in [1.807, 2.05) is 23.6 Å². The highest BCUT2D eigenvalue weighted by molar-refractivity contribution is 7.11. The molecule has 0 amide bonds. The molecule has 5 nitrogen and oxygen atoms in total. The summed E-state index contributed by atoms with van der Waals surface area (Å²) in [6, 6.07) is 9.19. The molecule has 0 fully saturated rings. The zero-order chi connectivity index (χ0) is 14.5. The van der Waals surface area contributed by atoms with Gasteiger partial charge in [0.1, 0.15) is 0 Å². The van der Waals surface area contributed by atoms with Gasteiger partial charge in [-0.25, -0.2) is 4.79 Å². The van der Waals surface area contributed by atoms with E-state index >= 15 is 0 Å². The van der Waals surface area contributed by atoms with Crippen LogP contribution in [0.1, 0.15) is 10.4 Å². The maximum Gasteiger partial charge on any atom is 0.358 e. The maximum atomic E-state index is 11.5. The van der Waals surface area contributed by atoms with E-state index in [9.17, 15) is 4.79 Å². The van der Waals surface area contributed by atoms with Crippen LogP contribution in [0, 0.1) is 0 Å². The van der Waals surface area contributed by atoms with Crippen molar-refractivity contribution in [2.24, 2.45) is 5.16 Å². The van der Waals surface area contributed by atoms with E-state index in [-0.39, 0.29) is 6.79 Å². The fourth-order valence-corrected chi connectivity index (χ4v) is 2.28. The Balaban J connectivity index is 1.57. The number of carbonyl (C=O) groups is 1. The molecule has 0 saturated heterocycles. The zero-order valence-corrected chi connectivity index (χ0v) is 11.7. The molecule has 0 spiro atoms. The van der Waals surface area contributed by atoms with Crippen LogP contribution in [-0.4, -0.2) is 19.0 Å². The molecule has 2 heterocycles. The topological polar surface area (TPSA) is 57.1 Å². The second-order valence-electron chi connectivity index (χ2n) is 4.11. The first kappa shape index (κ1) is 13.4. The summed E-state index contributed by atoms with van der Waals surface area (Å²) >= 11 is 1.51. The zero-order valence-electron chi connectivity index (χ0n) is 10.9. The second-order valence-corrected chi connectivity index (χ2v) is 5.09. The largest absolute Gasteiger partial charge is 0.454 e. The summed E-state index contributed by atoms with van der Waals surface area (Å²) in [5.74, 6) is 0.831. The van der Waals surface area contributed by atoms with Crippen LogP contribution in [0.4, 0.5) is 0 Å². The first-order valence-corrected chi connectivity index (χ1v) is 7.05. The molecule has 6 heteroatoms. The summed E-state index contributed by atoms with van der Waals surface area (Å²) in [6.07, 6.45) is 4.44. The van der Waals surface area contributed by atoms with Crippen molar-refractivity contribution < 1.29 is 19.1 Å². The van der Waals surface area contributed by atoms with Crippen molar-refractivity contribution in [3.05, 3.63) is 52.2 Å². The number of nitrogens with zero attached hydrogens (tertiary/aromatic N) is 1. The molecule has 0 aliphatic carbocycles. The van der Waals surface area contributed by atoms with Crippen LogP contribution in [0.2, 0.25) is 0 Å². The molecule has 0 radical (unpaired) electrons. The van der Waals surface area contributed by atoms with Gasteiger partial charge in [0.15, 0.2) is 11.5 Å². The van der Waals surface area contributed by atoms with E-state index in [2.05, 4.69) is 5.16 Å². The molecule has 0 N–H and O–H groups in total. The smallest absolute Gasteiger partial charge is 0.358 e. The molecule has 1 aromatic carbocycles. The molecule has 2 aromatic rings. The van der Waals surface area contributed by atoms with Crippen molar-refractivity contribution in [1.29, 1.82) is 0 Å². The van der Waals surface area contributed by atoms with Gasteiger partial charge in [0.05, 0.1) is 6.21 Å². The van der Waals surface area contributed by atoms with Crippen molar-refractivity contribution in [2.45, 2.75) is 0 Å². The molecule has 1 aliphatic heterocycles. The van der Waals surface area contributed by atoms with Crippen LogP contribution in [-0.2, 0) is 9.63 Å². The van der Waals surface area contributed by atoms with Gasteiger partial charge in [-0.05, 0) is 35.2 Å². The monoisotopic (exact) mass is 301 g/mol. The predicted octanol–water partition coefficient (Wildman–Crippen LogP) is 3.07. The maximum absolute atomic E-state index is 11.5. The Bertz CT molecular complexity index is 692. The van der Waals surface area contributed by atoms with Crippen molar-refractivity contribution in [2.75, 3.05) is 6.79 Å². The number of benzene rings is 1. The minimum absolute atomic E-state index is 0.224. The number of fused-ring (bicyclic) bond motifs is 1. The van der Waals surface area contributed by atoms with E-state index in [0.717, 1.165) is 10.4 Å². The average molecular weight is 301 g/mol. The standard InChI is InChI=1S/C15H11NO4S/c17-15(20-16-9-12-2-1-7-21-12)6-4-11-3-5-13-14(8-11)19-10-18-13/h1-9H,10H2/b6-4+,16-9+. The highest BCUT2D eigenvalue weighted by atomic mass is 32.1. The number of hydrogen-bond donors (Lipinski definition) is 0. The lowest BCUT2D eigenvalue weighted by molar-refractivity contribution is -0.137. The van der Waals surface area contributed by atoms with Crippen molar-refractivity contribution in [1.82, 2.24) is 0 Å². The number of thiophene rings is 1. The summed E-state index contributed by atoms with van der Waals surface area (Å²) in [7, 11) is 0. The Morgan fingerprint density at radius 1 is 1.29 bits per heavy atom. The lowest BCUT2D eigenvalue weighted by atomic mass is 10.2. The molecule has 0 unspecified atom stereocenters. The summed E-state index contributed by atoms with van der Waals surface area (Å²) in [5.41, 5.74) is 0.818. The third-order valence-electron chi connectivity index (χ3n) is 2.67. The normalized spacial score (nSPS) is 13.1. The van der Waals surface area contributed by atoms with Crippen LogP contribution < -0.4 is 9.47 Å². The third-order valence-corrected chi connectivity index (χ3v) is 3.48. The van der Waals surface area contributed by atoms with Crippen LogP contribution in [0.25, 0.3) is 6.08 Å². The van der Waals surface area contributed by atoms with Crippen LogP contribution >= 0.6 is 11.3 Å². The first-order valence-electron chi connectivity index (χ1n) is 6.17. The van der Waals surface area contributed by atoms with E-state index in [1.165, 1.54) is 23.6 Å². The first-order chi connectivity index (χ1) is 10.3. The Labute approximate surface area is 125 Å². The summed E-state index contributed by atoms with van der Waals surface area (Å²) in [4.78, 5) is 17.1. The predicted molar refractivity (Wildman–Crippen MR) is 79.6 cm³/mol. The highest BCUT2D eigenvalue weighted by Crippen LogP contribution is 2.32. The number of hydrogen-bond acceptors (Lipinski definition) is 6. The Kier molecular flexibility index (Phi) is 3.97. The molecule has 21 heavy (non-hydrogen) atoms. The number of ether oxygens (including phenoxy) is 2. The van der Waals surface area contributed by atoms with Gasteiger partial charge < -0.3 is 14.3 Å². The van der Waals surface area contributed by atoms with E-state index in [1.54, 1.807) is 18.2 Å². The van der Waals surface area contributed by atoms with Gasteiger partial charge in [-0.3, -0.25) is 0 Å². The molecule has 3 rings (SSSR count). The second kappa shape index (κ2) is 6.23. The molecular formula is C15H11NO4S. The summed E-state index contributed by atoms with van der Waals surface area (Å²) in [5, 5.41) is 5.54. The molecule has 1 aromatic heterocycles. The van der Waals surface area contributed by atoms with E-state index in [4.69, 9.17) is 14.3 Å². The fraction of sp³-hybridized carbons (Fsp3) is 0.0667. The molecule has 106 valence electrons. The Morgan fingerprint density at radius 2 is 2.19 bits per heavy atom. The van der Waals surface area contributed by atoms with Crippen molar-refractivity contribution in [3.63, 3.8) is 0 Å². The molecule has 0 bridgehead atoms. The summed E-state index contributed by atoms with van der Waals surface area (Å²) in [6.45, 7) is 0.224. The van der Waals surface area contributed by atoms with Gasteiger partial charge >= 0.3 is 5.97 Å². The lowest BCUT2D eigenvalue weighted by Gasteiger charge is -1.97. The number of carbonyl (C=O) groups excluding carboxylic acids is 1. The van der Waals surface area contributed by atoms with E-state index in [0.29, 0.717) is 11.5 Å². The fourth-order valence-electron chi connectivity index (χ4n) is 1.71. The van der Waals surface area contributed by atoms with Gasteiger partial charge in [-0.2, -0.15) is 0 Å². The molecule has 0 saturated carbocycles. The quantitative estimate of drug-likeness (QED) is 0.377. The number of oxime groups is 1. The highest BCUT2D eigenvalue weighted by Gasteiger charge is 2.12. The lowest BCUT2D eigenvalue weighted by Crippen LogP contribution is -1.94. The minimum Gasteiger partial charge on any atom is -0.454 e. The average Bonchev–Trinajstić information content (AvgIpc) is 3.15. The van der Waals surface area contributed by atoms with Gasteiger partial charge in [0.25, 0.3) is 0 Å². The molecule has 0 atom stereocenters. The number of rotatable bonds is 4. The van der Waals surface area contributed by atoms with Crippen LogP contribution in [0.3, 0.4) is 0 Å². The molecular weight excluding hydrogens is 290 g/mol. The Hall–Kier alpha value is -2.60. The van der Waals surface area contributed by atoms with Crippen molar-refractivity contribution in [3.8, 4) is 11.5 Å². The Morgan fingerprint density at radius 3 is 3.05 bits per heavy atom. The minimum atomic E-state index is -0.541. The van der Waals surface area contributed by atoms with Crippen molar-refractivity contribution >= 4 is 29.6 Å². The SMILES string of the molecule is O=C(/C=C/c1ccc2c(c1)OCO2)O/N=C/c1cccs1. The van der Waals surface area contributed by atoms with Gasteiger partial charge in [0.2, 0.25) is 6.79 Å². The van der Waals surface area contributed by atoms with Crippen LogP contribution in [0.15, 0.2) is 46.9 Å². The van der Waals surface area contributed by atoms with Crippen LogP contribution in [0.5, 0.6) is 11.5 Å². The van der Waals surface area contributed by atoms with E-state index < -0.39 is 5.97 Å². The summed E-state index contributed by atoms with van der Waals surface area (Å²) < 4.78 is 10.5. The van der Waals surface area contributed by atoms with Gasteiger partial charge in [-0.1, -0.05) is 17.3 Å². The van der Waals surface area contributed by atoms with Gasteiger partial charge in [-0.15, -0.1) is 11.3 Å². The third kappa shape index (κ3) is 3.49.